The number of benzene rings is 4. The average molecular weight is 350 g/mol. The topological polar surface area (TPSA) is 46.0 Å². The molecule has 3 heteroatoms. The second-order valence-electron chi connectivity index (χ2n) is 6.73. The molecule has 0 aliphatic rings. The lowest BCUT2D eigenvalue weighted by Gasteiger charge is -2.14. The van der Waals surface area contributed by atoms with Crippen LogP contribution < -0.4 is 0 Å². The van der Waals surface area contributed by atoms with E-state index in [9.17, 15) is 5.11 Å². The monoisotopic (exact) mass is 350 g/mol. The second-order valence-corrected chi connectivity index (χ2v) is 6.73. The summed E-state index contributed by atoms with van der Waals surface area (Å²) in [6.07, 6.45) is 0.981. The van der Waals surface area contributed by atoms with Gasteiger partial charge in [0.1, 0.15) is 11.3 Å². The van der Waals surface area contributed by atoms with Crippen molar-refractivity contribution in [1.29, 1.82) is 0 Å². The first kappa shape index (κ1) is 15.8. The van der Waals surface area contributed by atoms with E-state index in [0.29, 0.717) is 0 Å². The van der Waals surface area contributed by atoms with Crippen LogP contribution in [-0.2, 0) is 6.42 Å². The highest BCUT2D eigenvalue weighted by atomic mass is 16.3. The zero-order chi connectivity index (χ0) is 18.4. The Morgan fingerprint density at radius 3 is 1.96 bits per heavy atom. The molecule has 0 amide bonds. The first-order valence-corrected chi connectivity index (χ1v) is 9.15. The van der Waals surface area contributed by atoms with Gasteiger partial charge in [-0.2, -0.15) is 0 Å². The zero-order valence-corrected chi connectivity index (χ0v) is 15.0. The highest BCUT2D eigenvalue weighted by Gasteiger charge is 2.18. The maximum atomic E-state index is 11.1. The van der Waals surface area contributed by atoms with Crippen LogP contribution >= 0.6 is 0 Å². The lowest BCUT2D eigenvalue weighted by atomic mass is 9.96. The summed E-state index contributed by atoms with van der Waals surface area (Å²) in [5.74, 6) is 0.256. The average Bonchev–Trinajstić information content (AvgIpc) is 2.73. The van der Waals surface area contributed by atoms with Crippen molar-refractivity contribution in [2.45, 2.75) is 13.3 Å². The van der Waals surface area contributed by atoms with Crippen LogP contribution in [0.25, 0.3) is 44.0 Å². The fourth-order valence-corrected chi connectivity index (χ4v) is 3.69. The number of phenols is 1. The molecule has 0 aliphatic heterocycles. The van der Waals surface area contributed by atoms with E-state index in [0.717, 1.165) is 50.4 Å². The van der Waals surface area contributed by atoms with Gasteiger partial charge in [-0.1, -0.05) is 67.6 Å². The summed E-state index contributed by atoms with van der Waals surface area (Å²) in [5, 5.41) is 12.8. The van der Waals surface area contributed by atoms with Gasteiger partial charge in [0.05, 0.1) is 22.1 Å². The third-order valence-corrected chi connectivity index (χ3v) is 5.13. The summed E-state index contributed by atoms with van der Waals surface area (Å²) in [6.45, 7) is 2.13. The van der Waals surface area contributed by atoms with Gasteiger partial charge in [-0.3, -0.25) is 0 Å². The van der Waals surface area contributed by atoms with Crippen molar-refractivity contribution in [1.82, 2.24) is 9.97 Å². The molecule has 27 heavy (non-hydrogen) atoms. The van der Waals surface area contributed by atoms with Crippen molar-refractivity contribution in [3.05, 3.63) is 78.4 Å². The van der Waals surface area contributed by atoms with Crippen LogP contribution in [0.5, 0.6) is 5.75 Å². The van der Waals surface area contributed by atoms with E-state index >= 15 is 0 Å². The van der Waals surface area contributed by atoms with Gasteiger partial charge in [-0.15, -0.1) is 0 Å². The number of para-hydroxylation sites is 2. The van der Waals surface area contributed by atoms with Crippen LogP contribution in [0.4, 0.5) is 0 Å². The molecule has 1 heterocycles. The number of aryl methyl sites for hydroxylation is 1. The molecular formula is C24H18N2O. The van der Waals surface area contributed by atoms with Gasteiger partial charge in [0.25, 0.3) is 0 Å². The number of nitrogens with zero attached hydrogens (tertiary/aromatic N) is 2. The van der Waals surface area contributed by atoms with Gasteiger partial charge >= 0.3 is 0 Å². The Morgan fingerprint density at radius 2 is 1.30 bits per heavy atom. The van der Waals surface area contributed by atoms with Crippen molar-refractivity contribution < 1.29 is 5.11 Å². The van der Waals surface area contributed by atoms with Crippen LogP contribution in [0, 0.1) is 0 Å². The molecule has 0 bridgehead atoms. The Balaban J connectivity index is 1.97. The van der Waals surface area contributed by atoms with Gasteiger partial charge in [0, 0.05) is 10.8 Å². The molecule has 0 aliphatic carbocycles. The molecule has 130 valence electrons. The van der Waals surface area contributed by atoms with Crippen molar-refractivity contribution in [2.75, 3.05) is 0 Å². The first-order chi connectivity index (χ1) is 13.3. The van der Waals surface area contributed by atoms with E-state index in [-0.39, 0.29) is 5.75 Å². The maximum Gasteiger partial charge on any atom is 0.133 e. The van der Waals surface area contributed by atoms with E-state index in [1.54, 1.807) is 0 Å². The number of hydrogen-bond acceptors (Lipinski definition) is 3. The summed E-state index contributed by atoms with van der Waals surface area (Å²) in [7, 11) is 0. The smallest absolute Gasteiger partial charge is 0.133 e. The lowest BCUT2D eigenvalue weighted by molar-refractivity contribution is 0.484. The molecule has 0 saturated carbocycles. The van der Waals surface area contributed by atoms with Crippen LogP contribution in [0.3, 0.4) is 0 Å². The van der Waals surface area contributed by atoms with Gasteiger partial charge < -0.3 is 5.11 Å². The molecule has 0 atom stereocenters. The summed E-state index contributed by atoms with van der Waals surface area (Å²) in [5.41, 5.74) is 6.18. The summed E-state index contributed by atoms with van der Waals surface area (Å²) >= 11 is 0. The minimum Gasteiger partial charge on any atom is -0.507 e. The third-order valence-electron chi connectivity index (χ3n) is 5.13. The number of aromatic hydroxyl groups is 1. The largest absolute Gasteiger partial charge is 0.507 e. The predicted molar refractivity (Wildman–Crippen MR) is 111 cm³/mol. The molecule has 0 saturated heterocycles. The van der Waals surface area contributed by atoms with Crippen LogP contribution in [0.15, 0.2) is 72.8 Å². The van der Waals surface area contributed by atoms with Gasteiger partial charge in [-0.25, -0.2) is 9.97 Å². The van der Waals surface area contributed by atoms with Crippen molar-refractivity contribution >= 4 is 32.8 Å². The van der Waals surface area contributed by atoms with Crippen LogP contribution in [0.2, 0.25) is 0 Å². The molecule has 4 aromatic carbocycles. The van der Waals surface area contributed by atoms with E-state index in [1.807, 2.05) is 48.5 Å². The molecule has 0 unspecified atom stereocenters. The molecule has 0 fully saturated rings. The Kier molecular flexibility index (Phi) is 3.54. The number of rotatable bonds is 2. The second kappa shape index (κ2) is 6.06. The molecular weight excluding hydrogens is 332 g/mol. The Hall–Kier alpha value is -3.46. The van der Waals surface area contributed by atoms with E-state index in [2.05, 4.69) is 31.2 Å². The number of aromatic nitrogens is 2. The lowest BCUT2D eigenvalue weighted by Crippen LogP contribution is -1.93. The van der Waals surface area contributed by atoms with Crippen molar-refractivity contribution in [3.63, 3.8) is 0 Å². The fraction of sp³-hybridized carbons (Fsp3) is 0.0833. The Labute approximate surface area is 156 Å². The van der Waals surface area contributed by atoms with Gasteiger partial charge in [-0.05, 0) is 29.7 Å². The quantitative estimate of drug-likeness (QED) is 0.320. The minimum atomic E-state index is 0.256. The van der Waals surface area contributed by atoms with Crippen molar-refractivity contribution in [3.8, 4) is 16.9 Å². The minimum absolute atomic E-state index is 0.256. The Morgan fingerprint density at radius 1 is 0.704 bits per heavy atom. The molecule has 3 nitrogen and oxygen atoms in total. The number of fused-ring (bicyclic) bond motifs is 4. The van der Waals surface area contributed by atoms with E-state index in [4.69, 9.17) is 9.97 Å². The van der Waals surface area contributed by atoms with Crippen molar-refractivity contribution in [2.24, 2.45) is 0 Å². The molecule has 0 spiro atoms. The van der Waals surface area contributed by atoms with E-state index in [1.165, 1.54) is 5.56 Å². The summed E-state index contributed by atoms with van der Waals surface area (Å²) in [4.78, 5) is 9.78. The highest BCUT2D eigenvalue weighted by Crippen LogP contribution is 2.42. The van der Waals surface area contributed by atoms with Crippen LogP contribution in [0.1, 0.15) is 12.5 Å². The van der Waals surface area contributed by atoms with Gasteiger partial charge in [0.15, 0.2) is 0 Å². The number of hydrogen-bond donors (Lipinski definition) is 1. The standard InChI is InChI=1S/C24H18N2O/c1-2-15-11-13-16(14-12-15)21-23-22(17-7-3-4-8-18(17)24(21)27)25-19-9-5-6-10-20(19)26-23/h3-14,27H,2H2,1H3. The third kappa shape index (κ3) is 2.43. The molecule has 5 rings (SSSR count). The van der Waals surface area contributed by atoms with Gasteiger partial charge in [0.2, 0.25) is 0 Å². The molecule has 1 aromatic heterocycles. The summed E-state index contributed by atoms with van der Waals surface area (Å²) < 4.78 is 0. The van der Waals surface area contributed by atoms with E-state index < -0.39 is 0 Å². The SMILES string of the molecule is CCc1ccc(-c2c(O)c3ccccc3c3nc4ccccc4nc23)cc1. The first-order valence-electron chi connectivity index (χ1n) is 9.15. The van der Waals surface area contributed by atoms with Crippen LogP contribution in [-0.4, -0.2) is 15.1 Å². The number of phenolic OH excluding ortho intramolecular Hbond substituents is 1. The molecule has 0 radical (unpaired) electrons. The highest BCUT2D eigenvalue weighted by molar-refractivity contribution is 6.15. The predicted octanol–water partition coefficient (Wildman–Crippen LogP) is 5.87. The normalized spacial score (nSPS) is 11.4. The molecule has 5 aromatic rings. The summed E-state index contributed by atoms with van der Waals surface area (Å²) in [6, 6.07) is 24.0. The maximum absolute atomic E-state index is 11.1. The fourth-order valence-electron chi connectivity index (χ4n) is 3.69. The molecule has 1 N–H and O–H groups in total. The zero-order valence-electron chi connectivity index (χ0n) is 15.0. The Bertz CT molecular complexity index is 1310.